The van der Waals surface area contributed by atoms with Crippen LogP contribution >= 0.6 is 11.6 Å². The Hall–Kier alpha value is -3.01. The fraction of sp³-hybridized carbons (Fsp3) is 0.267. The smallest absolute Gasteiger partial charge is 0.322 e. The number of nitrogens with zero attached hydrogens (tertiary/aromatic N) is 5. The van der Waals surface area contributed by atoms with E-state index >= 15 is 0 Å². The van der Waals surface area contributed by atoms with Gasteiger partial charge in [-0.1, -0.05) is 11.6 Å². The third-order valence-electron chi connectivity index (χ3n) is 3.86. The summed E-state index contributed by atoms with van der Waals surface area (Å²) >= 11 is 5.98. The van der Waals surface area contributed by atoms with Crippen LogP contribution in [-0.2, 0) is 0 Å². The Morgan fingerprint density at radius 2 is 1.88 bits per heavy atom. The van der Waals surface area contributed by atoms with E-state index in [2.05, 4.69) is 15.3 Å². The highest BCUT2D eigenvalue weighted by Gasteiger charge is 2.23. The molecule has 11 heteroatoms. The Labute approximate surface area is 152 Å². The van der Waals surface area contributed by atoms with Crippen LogP contribution in [0.1, 0.15) is 0 Å². The quantitative estimate of drug-likeness (QED) is 0.648. The number of carbonyl (C=O) groups is 1. The highest BCUT2D eigenvalue weighted by Crippen LogP contribution is 2.27. The van der Waals surface area contributed by atoms with Crippen molar-refractivity contribution < 1.29 is 14.1 Å². The number of benzene rings is 1. The summed E-state index contributed by atoms with van der Waals surface area (Å²) in [4.78, 5) is 33.8. The van der Waals surface area contributed by atoms with E-state index in [0.29, 0.717) is 37.8 Å². The second-order valence-corrected chi connectivity index (χ2v) is 5.93. The summed E-state index contributed by atoms with van der Waals surface area (Å²) < 4.78 is 12.9. The van der Waals surface area contributed by atoms with Crippen molar-refractivity contribution in [1.29, 1.82) is 0 Å². The lowest BCUT2D eigenvalue weighted by atomic mass is 10.3. The van der Waals surface area contributed by atoms with Crippen molar-refractivity contribution in [3.8, 4) is 0 Å². The van der Waals surface area contributed by atoms with Gasteiger partial charge < -0.3 is 15.1 Å². The van der Waals surface area contributed by atoms with Crippen molar-refractivity contribution in [2.75, 3.05) is 36.4 Å². The first kappa shape index (κ1) is 17.8. The van der Waals surface area contributed by atoms with E-state index in [0.717, 1.165) is 12.4 Å². The van der Waals surface area contributed by atoms with Crippen molar-refractivity contribution in [2.24, 2.45) is 0 Å². The Balaban J connectivity index is 1.58. The minimum absolute atomic E-state index is 0.0888. The van der Waals surface area contributed by atoms with Crippen LogP contribution in [-0.4, -0.2) is 52.0 Å². The summed E-state index contributed by atoms with van der Waals surface area (Å²) in [6.07, 6.45) is 2.19. The summed E-state index contributed by atoms with van der Waals surface area (Å²) in [5, 5.41) is 13.4. The molecule has 1 aromatic heterocycles. The predicted molar refractivity (Wildman–Crippen MR) is 92.9 cm³/mol. The number of hydrogen-bond donors (Lipinski definition) is 1. The lowest BCUT2D eigenvalue weighted by Crippen LogP contribution is -2.50. The molecule has 26 heavy (non-hydrogen) atoms. The number of piperazine rings is 1. The second kappa shape index (κ2) is 7.48. The third-order valence-corrected chi connectivity index (χ3v) is 4.17. The highest BCUT2D eigenvalue weighted by atomic mass is 35.5. The van der Waals surface area contributed by atoms with Gasteiger partial charge in [0.15, 0.2) is 5.82 Å². The van der Waals surface area contributed by atoms with Gasteiger partial charge in [0.2, 0.25) is 5.95 Å². The molecule has 0 aliphatic carbocycles. The molecule has 1 saturated heterocycles. The molecule has 0 bridgehead atoms. The van der Waals surface area contributed by atoms with E-state index in [4.69, 9.17) is 11.6 Å². The molecule has 9 nitrogen and oxygen atoms in total. The van der Waals surface area contributed by atoms with Gasteiger partial charge in [-0.25, -0.2) is 19.2 Å². The van der Waals surface area contributed by atoms with Gasteiger partial charge in [0, 0.05) is 38.3 Å². The number of non-ortho nitro benzene ring substituents is 1. The zero-order valence-corrected chi connectivity index (χ0v) is 14.2. The van der Waals surface area contributed by atoms with Gasteiger partial charge in [0.05, 0.1) is 28.0 Å². The maximum absolute atomic E-state index is 12.9. The van der Waals surface area contributed by atoms with E-state index in [1.54, 1.807) is 4.90 Å². The molecule has 2 aromatic rings. The molecule has 1 fully saturated rings. The number of hydrogen-bond acceptors (Lipinski definition) is 6. The molecule has 1 N–H and O–H groups in total. The molecule has 0 atom stereocenters. The second-order valence-electron chi connectivity index (χ2n) is 5.53. The monoisotopic (exact) mass is 380 g/mol. The standard InChI is InChI=1S/C15H14ClFN6O3/c16-12-7-11(23(25)26)1-2-13(12)20-15(24)22-5-3-21(4-6-22)14-18-8-10(17)9-19-14/h1-2,7-9H,3-6H2,(H,20,24). The first-order valence-electron chi connectivity index (χ1n) is 7.66. The fourth-order valence-electron chi connectivity index (χ4n) is 2.49. The van der Waals surface area contributed by atoms with Crippen LogP contribution < -0.4 is 10.2 Å². The number of nitro benzene ring substituents is 1. The van der Waals surface area contributed by atoms with Crippen LogP contribution in [0.5, 0.6) is 0 Å². The van der Waals surface area contributed by atoms with Crippen LogP contribution in [0.3, 0.4) is 0 Å². The van der Waals surface area contributed by atoms with Gasteiger partial charge >= 0.3 is 6.03 Å². The molecule has 2 heterocycles. The van der Waals surface area contributed by atoms with Gasteiger partial charge in [-0.05, 0) is 6.07 Å². The topological polar surface area (TPSA) is 104 Å². The van der Waals surface area contributed by atoms with Crippen molar-refractivity contribution in [1.82, 2.24) is 14.9 Å². The Morgan fingerprint density at radius 1 is 1.23 bits per heavy atom. The van der Waals surface area contributed by atoms with Crippen LogP contribution in [0, 0.1) is 15.9 Å². The summed E-state index contributed by atoms with van der Waals surface area (Å²) in [7, 11) is 0. The number of nitro groups is 1. The average molecular weight is 381 g/mol. The number of urea groups is 1. The highest BCUT2D eigenvalue weighted by molar-refractivity contribution is 6.33. The van der Waals surface area contributed by atoms with E-state index in [9.17, 15) is 19.3 Å². The van der Waals surface area contributed by atoms with Gasteiger partial charge in [0.25, 0.3) is 5.69 Å². The van der Waals surface area contributed by atoms with Crippen LogP contribution in [0.4, 0.5) is 26.5 Å². The maximum atomic E-state index is 12.9. The van der Waals surface area contributed by atoms with E-state index in [1.807, 2.05) is 4.90 Å². The molecule has 0 unspecified atom stereocenters. The predicted octanol–water partition coefficient (Wildman–Crippen LogP) is 2.53. The van der Waals surface area contributed by atoms with Gasteiger partial charge in [0.1, 0.15) is 0 Å². The summed E-state index contributed by atoms with van der Waals surface area (Å²) in [5.41, 5.74) is 0.146. The number of rotatable bonds is 3. The normalized spacial score (nSPS) is 14.2. The van der Waals surface area contributed by atoms with Crippen LogP contribution in [0.2, 0.25) is 5.02 Å². The van der Waals surface area contributed by atoms with Crippen LogP contribution in [0.15, 0.2) is 30.6 Å². The molecule has 1 aliphatic rings. The van der Waals surface area contributed by atoms with E-state index < -0.39 is 10.7 Å². The molecular weight excluding hydrogens is 367 g/mol. The number of anilines is 2. The zero-order valence-electron chi connectivity index (χ0n) is 13.4. The zero-order chi connectivity index (χ0) is 18.7. The molecule has 0 spiro atoms. The Bertz CT molecular complexity index is 827. The minimum Gasteiger partial charge on any atom is -0.337 e. The number of halogens is 2. The SMILES string of the molecule is O=C(Nc1ccc([N+](=O)[O-])cc1Cl)N1CCN(c2ncc(F)cn2)CC1. The van der Waals surface area contributed by atoms with Crippen molar-refractivity contribution >= 4 is 35.0 Å². The first-order valence-corrected chi connectivity index (χ1v) is 8.04. The Kier molecular flexibility index (Phi) is 5.12. The molecule has 3 rings (SSSR count). The number of amides is 2. The first-order chi connectivity index (χ1) is 12.4. The lowest BCUT2D eigenvalue weighted by Gasteiger charge is -2.34. The van der Waals surface area contributed by atoms with Gasteiger partial charge in [-0.3, -0.25) is 10.1 Å². The average Bonchev–Trinajstić information content (AvgIpc) is 2.64. The molecule has 1 aliphatic heterocycles. The minimum atomic E-state index is -0.561. The third kappa shape index (κ3) is 3.97. The van der Waals surface area contributed by atoms with Crippen molar-refractivity contribution in [3.63, 3.8) is 0 Å². The van der Waals surface area contributed by atoms with Crippen LogP contribution in [0.25, 0.3) is 0 Å². The summed E-state index contributed by atoms with van der Waals surface area (Å²) in [6, 6.07) is 3.48. The summed E-state index contributed by atoms with van der Waals surface area (Å²) in [5.74, 6) is -0.100. The number of nitrogens with one attached hydrogen (secondary N) is 1. The molecule has 0 saturated carbocycles. The largest absolute Gasteiger partial charge is 0.337 e. The molecule has 2 amide bonds. The molecule has 0 radical (unpaired) electrons. The van der Waals surface area contributed by atoms with Crippen molar-refractivity contribution in [3.05, 3.63) is 51.5 Å². The number of carbonyl (C=O) groups excluding carboxylic acids is 1. The van der Waals surface area contributed by atoms with Gasteiger partial charge in [-0.2, -0.15) is 0 Å². The molecular formula is C15H14ClFN6O3. The molecule has 136 valence electrons. The lowest BCUT2D eigenvalue weighted by molar-refractivity contribution is -0.384. The molecule has 1 aromatic carbocycles. The maximum Gasteiger partial charge on any atom is 0.322 e. The Morgan fingerprint density at radius 3 is 2.46 bits per heavy atom. The van der Waals surface area contributed by atoms with E-state index in [1.165, 1.54) is 18.2 Å². The number of aromatic nitrogens is 2. The summed E-state index contributed by atoms with van der Waals surface area (Å²) in [6.45, 7) is 1.81. The van der Waals surface area contributed by atoms with E-state index in [-0.39, 0.29) is 16.7 Å². The van der Waals surface area contributed by atoms with Gasteiger partial charge in [-0.15, -0.1) is 0 Å². The fourth-order valence-corrected chi connectivity index (χ4v) is 2.71. The van der Waals surface area contributed by atoms with Crippen molar-refractivity contribution in [2.45, 2.75) is 0 Å².